The minimum atomic E-state index is -0.427. The van der Waals surface area contributed by atoms with E-state index in [0.29, 0.717) is 19.0 Å². The largest absolute Gasteiger partial charge is 0.494 e. The van der Waals surface area contributed by atoms with Crippen LogP contribution in [0.4, 0.5) is 5.69 Å². The lowest BCUT2D eigenvalue weighted by molar-refractivity contribution is -0.384. The molecular weight excluding hydrogens is 320 g/mol. The predicted molar refractivity (Wildman–Crippen MR) is 95.1 cm³/mol. The summed E-state index contributed by atoms with van der Waals surface area (Å²) in [7, 11) is 0. The lowest BCUT2D eigenvalue weighted by Crippen LogP contribution is -2.03. The molecule has 0 amide bonds. The summed E-state index contributed by atoms with van der Waals surface area (Å²) in [5.41, 5.74) is 0.927. The van der Waals surface area contributed by atoms with E-state index in [1.807, 2.05) is 30.3 Å². The SMILES string of the molecule is O=[N+]([O-])c1ccc(OCCCCOc2cccc3cccnc23)cc1. The van der Waals surface area contributed by atoms with Crippen molar-refractivity contribution in [2.75, 3.05) is 13.2 Å². The normalized spacial score (nSPS) is 10.6. The van der Waals surface area contributed by atoms with Crippen molar-refractivity contribution in [1.82, 2.24) is 4.98 Å². The van der Waals surface area contributed by atoms with Crippen molar-refractivity contribution in [3.8, 4) is 11.5 Å². The number of nitro benzene ring substituents is 1. The van der Waals surface area contributed by atoms with Gasteiger partial charge in [0.05, 0.1) is 18.1 Å². The van der Waals surface area contributed by atoms with Crippen LogP contribution >= 0.6 is 0 Å². The van der Waals surface area contributed by atoms with Crippen LogP contribution in [0.25, 0.3) is 10.9 Å². The summed E-state index contributed by atoms with van der Waals surface area (Å²) in [5, 5.41) is 11.6. The average Bonchev–Trinajstić information content (AvgIpc) is 2.65. The molecule has 0 aliphatic rings. The van der Waals surface area contributed by atoms with Crippen molar-refractivity contribution in [2.24, 2.45) is 0 Å². The Morgan fingerprint density at radius 2 is 1.64 bits per heavy atom. The minimum Gasteiger partial charge on any atom is -0.494 e. The monoisotopic (exact) mass is 338 g/mol. The fourth-order valence-corrected chi connectivity index (χ4v) is 2.43. The van der Waals surface area contributed by atoms with E-state index in [1.165, 1.54) is 12.1 Å². The number of hydrogen-bond acceptors (Lipinski definition) is 5. The number of nitro groups is 1. The van der Waals surface area contributed by atoms with Crippen LogP contribution in [0.2, 0.25) is 0 Å². The quantitative estimate of drug-likeness (QED) is 0.346. The van der Waals surface area contributed by atoms with Gasteiger partial charge < -0.3 is 9.47 Å². The maximum Gasteiger partial charge on any atom is 0.269 e. The second-order valence-electron chi connectivity index (χ2n) is 5.49. The van der Waals surface area contributed by atoms with Crippen LogP contribution in [-0.2, 0) is 0 Å². The van der Waals surface area contributed by atoms with Gasteiger partial charge in [-0.25, -0.2) is 0 Å². The predicted octanol–water partition coefficient (Wildman–Crippen LogP) is 4.38. The van der Waals surface area contributed by atoms with E-state index >= 15 is 0 Å². The van der Waals surface area contributed by atoms with Crippen LogP contribution in [0.5, 0.6) is 11.5 Å². The number of ether oxygens (including phenoxy) is 2. The van der Waals surface area contributed by atoms with E-state index in [4.69, 9.17) is 9.47 Å². The number of para-hydroxylation sites is 1. The summed E-state index contributed by atoms with van der Waals surface area (Å²) in [6.45, 7) is 1.12. The molecule has 0 saturated heterocycles. The van der Waals surface area contributed by atoms with E-state index in [2.05, 4.69) is 4.98 Å². The fraction of sp³-hybridized carbons (Fsp3) is 0.211. The van der Waals surface area contributed by atoms with Gasteiger partial charge >= 0.3 is 0 Å². The Morgan fingerprint density at radius 1 is 0.920 bits per heavy atom. The van der Waals surface area contributed by atoms with Gasteiger partial charge in [-0.05, 0) is 37.1 Å². The van der Waals surface area contributed by atoms with Crippen molar-refractivity contribution in [1.29, 1.82) is 0 Å². The molecule has 6 heteroatoms. The molecule has 0 fully saturated rings. The molecule has 0 N–H and O–H groups in total. The number of aromatic nitrogens is 1. The van der Waals surface area contributed by atoms with Crippen LogP contribution in [0.15, 0.2) is 60.8 Å². The Bertz CT molecular complexity index is 844. The summed E-state index contributed by atoms with van der Waals surface area (Å²) in [4.78, 5) is 14.5. The lowest BCUT2D eigenvalue weighted by Gasteiger charge is -2.09. The highest BCUT2D eigenvalue weighted by atomic mass is 16.6. The molecule has 1 aromatic heterocycles. The molecule has 0 aliphatic heterocycles. The Kier molecular flexibility index (Phi) is 5.41. The number of fused-ring (bicyclic) bond motifs is 1. The highest BCUT2D eigenvalue weighted by molar-refractivity contribution is 5.84. The number of hydrogen-bond donors (Lipinski definition) is 0. The maximum atomic E-state index is 10.6. The summed E-state index contributed by atoms with van der Waals surface area (Å²) in [6.07, 6.45) is 3.43. The van der Waals surface area contributed by atoms with Crippen LogP contribution in [0.1, 0.15) is 12.8 Å². The first kappa shape index (κ1) is 16.7. The highest BCUT2D eigenvalue weighted by Gasteiger charge is 2.05. The number of unbranched alkanes of at least 4 members (excludes halogenated alkanes) is 1. The van der Waals surface area contributed by atoms with Crippen LogP contribution < -0.4 is 9.47 Å². The number of pyridine rings is 1. The smallest absolute Gasteiger partial charge is 0.269 e. The molecule has 6 nitrogen and oxygen atoms in total. The van der Waals surface area contributed by atoms with Gasteiger partial charge in [0.2, 0.25) is 0 Å². The van der Waals surface area contributed by atoms with Crippen molar-refractivity contribution in [3.63, 3.8) is 0 Å². The van der Waals surface area contributed by atoms with Gasteiger partial charge in [-0.1, -0.05) is 18.2 Å². The molecule has 25 heavy (non-hydrogen) atoms. The van der Waals surface area contributed by atoms with Crippen molar-refractivity contribution in [2.45, 2.75) is 12.8 Å². The highest BCUT2D eigenvalue weighted by Crippen LogP contribution is 2.23. The number of nitrogens with zero attached hydrogens (tertiary/aromatic N) is 2. The third-order valence-corrected chi connectivity index (χ3v) is 3.71. The topological polar surface area (TPSA) is 74.5 Å². The Morgan fingerprint density at radius 3 is 2.40 bits per heavy atom. The molecule has 0 bridgehead atoms. The van der Waals surface area contributed by atoms with Gasteiger partial charge in [0.1, 0.15) is 17.0 Å². The zero-order valence-corrected chi connectivity index (χ0v) is 13.6. The van der Waals surface area contributed by atoms with E-state index < -0.39 is 4.92 Å². The number of non-ortho nitro benzene ring substituents is 1. The Balaban J connectivity index is 1.41. The number of benzene rings is 2. The fourth-order valence-electron chi connectivity index (χ4n) is 2.43. The molecular formula is C19H18N2O4. The molecule has 0 saturated carbocycles. The molecule has 2 aromatic carbocycles. The van der Waals surface area contributed by atoms with Crippen molar-refractivity contribution < 1.29 is 14.4 Å². The molecule has 0 atom stereocenters. The van der Waals surface area contributed by atoms with E-state index in [0.717, 1.165) is 29.5 Å². The van der Waals surface area contributed by atoms with E-state index in [-0.39, 0.29) is 5.69 Å². The van der Waals surface area contributed by atoms with Crippen LogP contribution in [-0.4, -0.2) is 23.1 Å². The summed E-state index contributed by atoms with van der Waals surface area (Å²) >= 11 is 0. The first-order valence-electron chi connectivity index (χ1n) is 8.08. The third kappa shape index (κ3) is 4.44. The van der Waals surface area contributed by atoms with Crippen molar-refractivity contribution in [3.05, 3.63) is 70.9 Å². The zero-order valence-electron chi connectivity index (χ0n) is 13.6. The van der Waals surface area contributed by atoms with E-state index in [9.17, 15) is 10.1 Å². The molecule has 0 unspecified atom stereocenters. The molecule has 128 valence electrons. The summed E-state index contributed by atoms with van der Waals surface area (Å²) < 4.78 is 11.4. The second-order valence-corrected chi connectivity index (χ2v) is 5.49. The van der Waals surface area contributed by atoms with Crippen LogP contribution in [0.3, 0.4) is 0 Å². The molecule has 3 aromatic rings. The molecule has 3 rings (SSSR count). The summed E-state index contributed by atoms with van der Waals surface area (Å²) in [6, 6.07) is 15.9. The first-order chi connectivity index (χ1) is 12.2. The standard InChI is InChI=1S/C19H18N2O4/c22-21(23)16-8-10-17(11-9-16)24-13-1-2-14-25-18-7-3-5-15-6-4-12-20-19(15)18/h3-12H,1-2,13-14H2. The molecule has 1 heterocycles. The van der Waals surface area contributed by atoms with Crippen molar-refractivity contribution >= 4 is 16.6 Å². The minimum absolute atomic E-state index is 0.0597. The molecule has 0 radical (unpaired) electrons. The Hall–Kier alpha value is -3.15. The average molecular weight is 338 g/mol. The molecule has 0 aliphatic carbocycles. The molecule has 0 spiro atoms. The van der Waals surface area contributed by atoms with Crippen LogP contribution in [0, 0.1) is 10.1 Å². The van der Waals surface area contributed by atoms with Gasteiger partial charge in [-0.15, -0.1) is 0 Å². The van der Waals surface area contributed by atoms with Gasteiger partial charge in [-0.3, -0.25) is 15.1 Å². The summed E-state index contributed by atoms with van der Waals surface area (Å²) in [5.74, 6) is 1.42. The van der Waals surface area contributed by atoms with E-state index in [1.54, 1.807) is 18.3 Å². The second kappa shape index (κ2) is 8.10. The van der Waals surface area contributed by atoms with Gasteiger partial charge in [-0.2, -0.15) is 0 Å². The van der Waals surface area contributed by atoms with Gasteiger partial charge in [0.25, 0.3) is 5.69 Å². The first-order valence-corrected chi connectivity index (χ1v) is 8.08. The van der Waals surface area contributed by atoms with Gasteiger partial charge in [0, 0.05) is 23.7 Å². The maximum absolute atomic E-state index is 10.6. The number of rotatable bonds is 8. The van der Waals surface area contributed by atoms with Gasteiger partial charge in [0.15, 0.2) is 0 Å². The zero-order chi connectivity index (χ0) is 17.5. The Labute approximate surface area is 145 Å². The third-order valence-electron chi connectivity index (χ3n) is 3.71. The lowest BCUT2D eigenvalue weighted by atomic mass is 10.2.